The molecule has 4 heteroatoms. The Hall–Kier alpha value is -1.06. The Labute approximate surface area is 84.6 Å². The van der Waals surface area contributed by atoms with Crippen LogP contribution in [0, 0.1) is 0 Å². The zero-order valence-electron chi connectivity index (χ0n) is 9.04. The predicted octanol–water partition coefficient (Wildman–Crippen LogP) is 1.67. The van der Waals surface area contributed by atoms with Crippen molar-refractivity contribution in [1.29, 1.82) is 0 Å². The van der Waals surface area contributed by atoms with Crippen LogP contribution in [-0.2, 0) is 19.1 Å². The van der Waals surface area contributed by atoms with E-state index in [4.69, 9.17) is 4.74 Å². The van der Waals surface area contributed by atoms with E-state index in [1.165, 1.54) is 13.8 Å². The van der Waals surface area contributed by atoms with Gasteiger partial charge in [-0.25, -0.2) is 4.79 Å². The molecule has 0 heterocycles. The van der Waals surface area contributed by atoms with E-state index in [1.54, 1.807) is 0 Å². The average Bonchev–Trinajstić information content (AvgIpc) is 2.12. The van der Waals surface area contributed by atoms with E-state index in [9.17, 15) is 9.59 Å². The third kappa shape index (κ3) is 4.84. The van der Waals surface area contributed by atoms with Crippen molar-refractivity contribution in [3.63, 3.8) is 0 Å². The third-order valence-electron chi connectivity index (χ3n) is 1.82. The second kappa shape index (κ2) is 6.40. The van der Waals surface area contributed by atoms with Crippen molar-refractivity contribution in [2.75, 3.05) is 6.61 Å². The zero-order valence-corrected chi connectivity index (χ0v) is 9.04. The Morgan fingerprint density at radius 3 is 2.50 bits per heavy atom. The van der Waals surface area contributed by atoms with E-state index < -0.39 is 11.6 Å². The smallest absolute Gasteiger partial charge is 0.349 e. The van der Waals surface area contributed by atoms with Crippen LogP contribution in [0.3, 0.4) is 0 Å². The van der Waals surface area contributed by atoms with E-state index in [-0.39, 0.29) is 6.47 Å². The lowest BCUT2D eigenvalue weighted by Gasteiger charge is -2.20. The molecule has 0 atom stereocenters. The van der Waals surface area contributed by atoms with Crippen LogP contribution in [0.5, 0.6) is 0 Å². The number of rotatable bonds is 7. The molecule has 0 aliphatic heterocycles. The zero-order chi connectivity index (χ0) is 11.0. The van der Waals surface area contributed by atoms with E-state index in [1.807, 2.05) is 0 Å². The molecule has 0 saturated heterocycles. The Balaban J connectivity index is 3.77. The number of hydrogen-bond donors (Lipinski definition) is 0. The summed E-state index contributed by atoms with van der Waals surface area (Å²) in [7, 11) is 0. The summed E-state index contributed by atoms with van der Waals surface area (Å²) >= 11 is 0. The molecule has 0 fully saturated rings. The summed E-state index contributed by atoms with van der Waals surface area (Å²) in [6, 6.07) is 0. The number of ether oxygens (including phenoxy) is 2. The van der Waals surface area contributed by atoms with Gasteiger partial charge in [0.25, 0.3) is 6.47 Å². The number of carbonyl (C=O) groups is 2. The maximum atomic E-state index is 11.3. The topological polar surface area (TPSA) is 52.6 Å². The van der Waals surface area contributed by atoms with E-state index in [0.717, 1.165) is 19.3 Å². The van der Waals surface area contributed by atoms with Crippen molar-refractivity contribution in [3.8, 4) is 0 Å². The number of esters is 1. The van der Waals surface area contributed by atoms with Crippen LogP contribution in [0.4, 0.5) is 0 Å². The average molecular weight is 202 g/mol. The normalized spacial score (nSPS) is 10.8. The monoisotopic (exact) mass is 202 g/mol. The summed E-state index contributed by atoms with van der Waals surface area (Å²) in [6.07, 6.45) is 2.95. The van der Waals surface area contributed by atoms with Crippen LogP contribution >= 0.6 is 0 Å². The van der Waals surface area contributed by atoms with Crippen molar-refractivity contribution in [2.24, 2.45) is 0 Å². The second-order valence-electron chi connectivity index (χ2n) is 3.57. The first-order valence-corrected chi connectivity index (χ1v) is 4.83. The molecule has 0 aliphatic carbocycles. The van der Waals surface area contributed by atoms with Gasteiger partial charge in [0.05, 0.1) is 6.61 Å². The number of hydrogen-bond acceptors (Lipinski definition) is 4. The van der Waals surface area contributed by atoms with Gasteiger partial charge in [-0.3, -0.25) is 4.79 Å². The lowest BCUT2D eigenvalue weighted by molar-refractivity contribution is -0.171. The van der Waals surface area contributed by atoms with Crippen LogP contribution in [0.15, 0.2) is 0 Å². The minimum absolute atomic E-state index is 0.257. The van der Waals surface area contributed by atoms with Gasteiger partial charge in [-0.2, -0.15) is 0 Å². The highest BCUT2D eigenvalue weighted by atomic mass is 16.6. The fraction of sp³-hybridized carbons (Fsp3) is 0.800. The van der Waals surface area contributed by atoms with Gasteiger partial charge in [-0.05, 0) is 20.3 Å². The molecule has 0 unspecified atom stereocenters. The summed E-state index contributed by atoms with van der Waals surface area (Å²) < 4.78 is 9.53. The van der Waals surface area contributed by atoms with Gasteiger partial charge >= 0.3 is 5.97 Å². The minimum Gasteiger partial charge on any atom is -0.463 e. The minimum atomic E-state index is -1.17. The van der Waals surface area contributed by atoms with Gasteiger partial charge in [0.2, 0.25) is 5.60 Å². The molecule has 82 valence electrons. The maximum Gasteiger partial charge on any atom is 0.349 e. The molecule has 0 aromatic heterocycles. The molecule has 0 saturated carbocycles. The summed E-state index contributed by atoms with van der Waals surface area (Å²) in [5.41, 5.74) is -1.17. The highest BCUT2D eigenvalue weighted by Crippen LogP contribution is 2.10. The largest absolute Gasteiger partial charge is 0.463 e. The molecule has 0 aromatic carbocycles. The SMILES string of the molecule is CCCCCOC(=O)C(C)(C)OC=O. The van der Waals surface area contributed by atoms with Crippen molar-refractivity contribution in [1.82, 2.24) is 0 Å². The van der Waals surface area contributed by atoms with Crippen molar-refractivity contribution < 1.29 is 19.1 Å². The Morgan fingerprint density at radius 2 is 2.00 bits per heavy atom. The summed E-state index contributed by atoms with van der Waals surface area (Å²) in [4.78, 5) is 21.4. The van der Waals surface area contributed by atoms with Gasteiger partial charge < -0.3 is 9.47 Å². The first-order valence-electron chi connectivity index (χ1n) is 4.83. The van der Waals surface area contributed by atoms with E-state index >= 15 is 0 Å². The van der Waals surface area contributed by atoms with Crippen LogP contribution in [0.25, 0.3) is 0 Å². The maximum absolute atomic E-state index is 11.3. The molecular weight excluding hydrogens is 184 g/mol. The number of carbonyl (C=O) groups excluding carboxylic acids is 2. The number of unbranched alkanes of at least 4 members (excludes halogenated alkanes) is 2. The van der Waals surface area contributed by atoms with E-state index in [2.05, 4.69) is 11.7 Å². The molecule has 0 radical (unpaired) electrons. The quantitative estimate of drug-likeness (QED) is 0.358. The van der Waals surface area contributed by atoms with Gasteiger partial charge in [0.15, 0.2) is 0 Å². The summed E-state index contributed by atoms with van der Waals surface area (Å²) in [5.74, 6) is -0.499. The molecule has 0 rings (SSSR count). The molecule has 14 heavy (non-hydrogen) atoms. The Morgan fingerprint density at radius 1 is 1.36 bits per heavy atom. The fourth-order valence-electron chi connectivity index (χ4n) is 0.859. The molecule has 0 N–H and O–H groups in total. The van der Waals surface area contributed by atoms with Crippen LogP contribution in [0.2, 0.25) is 0 Å². The fourth-order valence-corrected chi connectivity index (χ4v) is 0.859. The third-order valence-corrected chi connectivity index (χ3v) is 1.82. The standard InChI is InChI=1S/C10H18O4/c1-4-5-6-7-13-9(12)10(2,3)14-8-11/h8H,4-7H2,1-3H3. The first-order chi connectivity index (χ1) is 6.54. The predicted molar refractivity (Wildman–Crippen MR) is 51.7 cm³/mol. The molecule has 0 amide bonds. The molecule has 0 aromatic rings. The van der Waals surface area contributed by atoms with Crippen LogP contribution in [0.1, 0.15) is 40.0 Å². The Kier molecular flexibility index (Phi) is 5.92. The van der Waals surface area contributed by atoms with Crippen LogP contribution in [-0.4, -0.2) is 24.6 Å². The molecule has 0 aliphatic rings. The highest BCUT2D eigenvalue weighted by molar-refractivity contribution is 5.79. The second-order valence-corrected chi connectivity index (χ2v) is 3.57. The Bertz CT molecular complexity index is 187. The van der Waals surface area contributed by atoms with Gasteiger partial charge in [0, 0.05) is 0 Å². The lowest BCUT2D eigenvalue weighted by atomic mass is 10.1. The van der Waals surface area contributed by atoms with Gasteiger partial charge in [-0.1, -0.05) is 19.8 Å². The van der Waals surface area contributed by atoms with E-state index in [0.29, 0.717) is 6.61 Å². The lowest BCUT2D eigenvalue weighted by Crippen LogP contribution is -2.36. The van der Waals surface area contributed by atoms with Crippen molar-refractivity contribution >= 4 is 12.4 Å². The van der Waals surface area contributed by atoms with Crippen molar-refractivity contribution in [3.05, 3.63) is 0 Å². The molecule has 0 bridgehead atoms. The molecule has 4 nitrogen and oxygen atoms in total. The molecule has 0 spiro atoms. The summed E-state index contributed by atoms with van der Waals surface area (Å²) in [5, 5.41) is 0. The van der Waals surface area contributed by atoms with Crippen molar-refractivity contribution in [2.45, 2.75) is 45.6 Å². The highest BCUT2D eigenvalue weighted by Gasteiger charge is 2.30. The first kappa shape index (κ1) is 12.9. The van der Waals surface area contributed by atoms with Crippen LogP contribution < -0.4 is 0 Å². The van der Waals surface area contributed by atoms with Gasteiger partial charge in [-0.15, -0.1) is 0 Å². The van der Waals surface area contributed by atoms with Gasteiger partial charge in [0.1, 0.15) is 0 Å². The summed E-state index contributed by atoms with van der Waals surface area (Å²) in [6.45, 7) is 5.72. The molecular formula is C10H18O4.